The van der Waals surface area contributed by atoms with Gasteiger partial charge < -0.3 is 4.74 Å². The third-order valence-corrected chi connectivity index (χ3v) is 5.69. The first-order valence-corrected chi connectivity index (χ1v) is 9.48. The number of carbonyl (C=O) groups is 2. The first-order chi connectivity index (χ1) is 12.1. The smallest absolute Gasteiger partial charge is 0.338 e. The van der Waals surface area contributed by atoms with Crippen molar-refractivity contribution in [1.29, 1.82) is 0 Å². The Kier molecular flexibility index (Phi) is 6.17. The maximum absolute atomic E-state index is 12.3. The first kappa shape index (κ1) is 20.1. The number of rotatable bonds is 6. The molecule has 2 aromatic carbocycles. The zero-order chi connectivity index (χ0) is 19.5. The highest BCUT2D eigenvalue weighted by atomic mass is 35.5. The minimum Gasteiger partial charge on any atom is -0.451 e. The fourth-order valence-corrected chi connectivity index (χ4v) is 3.20. The van der Waals surface area contributed by atoms with E-state index >= 15 is 0 Å². The van der Waals surface area contributed by atoms with E-state index in [0.717, 1.165) is 4.31 Å². The Morgan fingerprint density at radius 3 is 2.23 bits per heavy atom. The molecule has 0 heterocycles. The lowest BCUT2D eigenvalue weighted by Crippen LogP contribution is -2.25. The van der Waals surface area contributed by atoms with Crippen LogP contribution in [0.25, 0.3) is 0 Å². The molecule has 1 unspecified atom stereocenters. The van der Waals surface area contributed by atoms with Gasteiger partial charge in [-0.25, -0.2) is 17.5 Å². The highest BCUT2D eigenvalue weighted by molar-refractivity contribution is 7.89. The monoisotopic (exact) mass is 395 g/mol. The fourth-order valence-electron chi connectivity index (χ4n) is 2.13. The number of hydrogen-bond acceptors (Lipinski definition) is 5. The summed E-state index contributed by atoms with van der Waals surface area (Å²) in [5.74, 6) is -1.16. The van der Waals surface area contributed by atoms with Crippen LogP contribution in [0, 0.1) is 0 Å². The van der Waals surface area contributed by atoms with Gasteiger partial charge in [0.15, 0.2) is 6.10 Å². The van der Waals surface area contributed by atoms with Gasteiger partial charge in [-0.2, -0.15) is 0 Å². The number of hydrogen-bond donors (Lipinski definition) is 0. The van der Waals surface area contributed by atoms with Crippen LogP contribution < -0.4 is 0 Å². The normalized spacial score (nSPS) is 12.7. The van der Waals surface area contributed by atoms with Crippen LogP contribution in [0.4, 0.5) is 0 Å². The molecule has 0 amide bonds. The zero-order valence-electron chi connectivity index (χ0n) is 14.5. The van der Waals surface area contributed by atoms with Gasteiger partial charge in [0.25, 0.3) is 0 Å². The molecule has 8 heteroatoms. The summed E-state index contributed by atoms with van der Waals surface area (Å²) in [4.78, 5) is 24.6. The molecule has 0 aliphatic rings. The van der Waals surface area contributed by atoms with E-state index < -0.39 is 22.1 Å². The van der Waals surface area contributed by atoms with E-state index in [0.29, 0.717) is 10.6 Å². The Labute approximate surface area is 157 Å². The minimum absolute atomic E-state index is 0.0337. The van der Waals surface area contributed by atoms with Gasteiger partial charge in [-0.05, 0) is 49.4 Å². The van der Waals surface area contributed by atoms with Crippen molar-refractivity contribution in [1.82, 2.24) is 4.31 Å². The molecule has 0 radical (unpaired) electrons. The second kappa shape index (κ2) is 7.99. The Hall–Kier alpha value is -2.22. The van der Waals surface area contributed by atoms with E-state index in [1.165, 1.54) is 45.3 Å². The second-order valence-electron chi connectivity index (χ2n) is 5.73. The zero-order valence-corrected chi connectivity index (χ0v) is 16.0. The summed E-state index contributed by atoms with van der Waals surface area (Å²) < 4.78 is 30.5. The highest BCUT2D eigenvalue weighted by Crippen LogP contribution is 2.17. The molecule has 0 bridgehead atoms. The lowest BCUT2D eigenvalue weighted by molar-refractivity contribution is 0.0318. The molecule has 6 nitrogen and oxygen atoms in total. The first-order valence-electron chi connectivity index (χ1n) is 7.66. The summed E-state index contributed by atoms with van der Waals surface area (Å²) in [6.07, 6.45) is -1.03. The Balaban J connectivity index is 2.17. The van der Waals surface area contributed by atoms with Gasteiger partial charge >= 0.3 is 5.97 Å². The summed E-state index contributed by atoms with van der Waals surface area (Å²) in [5, 5.41) is 0.491. The minimum atomic E-state index is -3.68. The summed E-state index contributed by atoms with van der Waals surface area (Å²) in [5.41, 5.74) is 0.405. The summed E-state index contributed by atoms with van der Waals surface area (Å²) in [6, 6.07) is 11.7. The molecule has 0 aromatic heterocycles. The fraction of sp³-hybridized carbons (Fsp3) is 0.222. The van der Waals surface area contributed by atoms with E-state index in [-0.39, 0.29) is 16.2 Å². The highest BCUT2D eigenvalue weighted by Gasteiger charge is 2.23. The molecule has 0 N–H and O–H groups in total. The average molecular weight is 396 g/mol. The van der Waals surface area contributed by atoms with Gasteiger partial charge in [-0.3, -0.25) is 4.79 Å². The Morgan fingerprint density at radius 2 is 1.65 bits per heavy atom. The molecular weight excluding hydrogens is 378 g/mol. The molecule has 0 saturated heterocycles. The number of Topliss-reactive ketones (excluding diaryl/α,β-unsaturated/α-hetero) is 1. The van der Waals surface area contributed by atoms with Crippen LogP contribution in [0.5, 0.6) is 0 Å². The summed E-state index contributed by atoms with van der Waals surface area (Å²) in [6.45, 7) is 1.45. The van der Waals surface area contributed by atoms with Crippen molar-refractivity contribution in [2.24, 2.45) is 0 Å². The van der Waals surface area contributed by atoms with Gasteiger partial charge in [0, 0.05) is 24.7 Å². The second-order valence-corrected chi connectivity index (χ2v) is 8.32. The van der Waals surface area contributed by atoms with Gasteiger partial charge in [0.05, 0.1) is 10.5 Å². The maximum atomic E-state index is 12.3. The van der Waals surface area contributed by atoms with Crippen molar-refractivity contribution in [2.45, 2.75) is 17.9 Å². The number of carbonyl (C=O) groups excluding carboxylic acids is 2. The van der Waals surface area contributed by atoms with Gasteiger partial charge in [-0.15, -0.1) is 0 Å². The van der Waals surface area contributed by atoms with Crippen molar-refractivity contribution < 1.29 is 22.7 Å². The van der Waals surface area contributed by atoms with Gasteiger partial charge in [-0.1, -0.05) is 17.7 Å². The SMILES string of the molecule is CC(OC(=O)c1cccc(S(=O)(=O)N(C)C)c1)C(=O)c1ccc(Cl)cc1. The van der Waals surface area contributed by atoms with E-state index in [4.69, 9.17) is 16.3 Å². The van der Waals surface area contributed by atoms with Crippen molar-refractivity contribution in [3.05, 3.63) is 64.7 Å². The number of esters is 1. The predicted octanol–water partition coefficient (Wildman–Crippen LogP) is 3.02. The van der Waals surface area contributed by atoms with Gasteiger partial charge in [0.1, 0.15) is 0 Å². The summed E-state index contributed by atoms with van der Waals surface area (Å²) in [7, 11) is -0.887. The van der Waals surface area contributed by atoms with Crippen LogP contribution >= 0.6 is 11.6 Å². The largest absolute Gasteiger partial charge is 0.451 e. The number of ketones is 1. The Bertz CT molecular complexity index is 923. The van der Waals surface area contributed by atoms with Crippen molar-refractivity contribution >= 4 is 33.4 Å². The molecule has 0 spiro atoms. The lowest BCUT2D eigenvalue weighted by atomic mass is 10.1. The lowest BCUT2D eigenvalue weighted by Gasteiger charge is -2.14. The molecule has 0 aliphatic carbocycles. The maximum Gasteiger partial charge on any atom is 0.338 e. The van der Waals surface area contributed by atoms with Crippen LogP contribution in [-0.2, 0) is 14.8 Å². The average Bonchev–Trinajstić information content (AvgIpc) is 2.61. The molecule has 2 aromatic rings. The molecule has 2 rings (SSSR count). The van der Waals surface area contributed by atoms with Crippen LogP contribution in [0.1, 0.15) is 27.6 Å². The molecule has 1 atom stereocenters. The molecule has 26 heavy (non-hydrogen) atoms. The quantitative estimate of drug-likeness (QED) is 0.554. The van der Waals surface area contributed by atoms with Crippen LogP contribution in [0.3, 0.4) is 0 Å². The topological polar surface area (TPSA) is 80.8 Å². The summed E-state index contributed by atoms with van der Waals surface area (Å²) >= 11 is 5.78. The van der Waals surface area contributed by atoms with E-state index in [9.17, 15) is 18.0 Å². The number of halogens is 1. The van der Waals surface area contributed by atoms with E-state index in [1.807, 2.05) is 0 Å². The molecule has 138 valence electrons. The van der Waals surface area contributed by atoms with Crippen LogP contribution in [0.15, 0.2) is 53.4 Å². The van der Waals surface area contributed by atoms with Gasteiger partial charge in [0.2, 0.25) is 15.8 Å². The van der Waals surface area contributed by atoms with Crippen LogP contribution in [0.2, 0.25) is 5.02 Å². The number of sulfonamides is 1. The van der Waals surface area contributed by atoms with Crippen molar-refractivity contribution in [2.75, 3.05) is 14.1 Å². The third-order valence-electron chi connectivity index (χ3n) is 3.63. The number of ether oxygens (including phenoxy) is 1. The molecule has 0 saturated carbocycles. The van der Waals surface area contributed by atoms with E-state index in [1.54, 1.807) is 24.3 Å². The van der Waals surface area contributed by atoms with Crippen LogP contribution in [-0.4, -0.2) is 44.7 Å². The number of benzene rings is 2. The van der Waals surface area contributed by atoms with Crippen molar-refractivity contribution in [3.63, 3.8) is 0 Å². The third kappa shape index (κ3) is 4.49. The molecule has 0 aliphatic heterocycles. The predicted molar refractivity (Wildman–Crippen MR) is 98.0 cm³/mol. The van der Waals surface area contributed by atoms with Crippen molar-refractivity contribution in [3.8, 4) is 0 Å². The molecule has 0 fully saturated rings. The standard InChI is InChI=1S/C18H18ClNO5S/c1-12(17(21)13-7-9-15(19)10-8-13)25-18(22)14-5-4-6-16(11-14)26(23,24)20(2)3/h4-12H,1-3H3. The number of nitrogens with zero attached hydrogens (tertiary/aromatic N) is 1. The van der Waals surface area contributed by atoms with E-state index in [2.05, 4.69) is 0 Å². The Morgan fingerprint density at radius 1 is 1.04 bits per heavy atom. The molecular formula is C18H18ClNO5S.